The fourth-order valence-corrected chi connectivity index (χ4v) is 9.40. The third-order valence-electron chi connectivity index (χ3n) is 10.2. The largest absolute Gasteiger partial charge is 0.834 e. The van der Waals surface area contributed by atoms with E-state index >= 15 is 8.63 Å². The van der Waals surface area contributed by atoms with E-state index < -0.39 is 25.5 Å². The lowest BCUT2D eigenvalue weighted by atomic mass is 9.91. The Balaban J connectivity index is 1.09. The second kappa shape index (κ2) is 16.6. The highest BCUT2D eigenvalue weighted by Gasteiger charge is 2.57. The summed E-state index contributed by atoms with van der Waals surface area (Å²) in [5, 5.41) is 20.1. The van der Waals surface area contributed by atoms with Gasteiger partial charge >= 0.3 is 13.9 Å². The third-order valence-corrected chi connectivity index (χ3v) is 12.4. The molecule has 312 valence electrons. The lowest BCUT2D eigenvalue weighted by molar-refractivity contribution is -0.388. The normalized spacial score (nSPS) is 15.9. The van der Waals surface area contributed by atoms with Crippen molar-refractivity contribution in [3.8, 4) is 12.1 Å². The Labute approximate surface area is 378 Å². The predicted molar refractivity (Wildman–Crippen MR) is 247 cm³/mol. The Hall–Kier alpha value is -8.54. The Bertz CT molecular complexity index is 3150. The summed E-state index contributed by atoms with van der Waals surface area (Å²) in [4.78, 5) is 16.3. The van der Waals surface area contributed by atoms with E-state index in [0.717, 1.165) is 27.7 Å². The molecule has 0 unspecified atom stereocenters. The molecule has 0 fully saturated rings. The molecule has 0 N–H and O–H groups in total. The number of allylic oxidation sites excluding steroid dienone is 4. The number of hydrogen-bond acceptors (Lipinski definition) is 9. The van der Waals surface area contributed by atoms with Gasteiger partial charge in [-0.05, 0) is 116 Å². The first kappa shape index (κ1) is 41.8. The van der Waals surface area contributed by atoms with E-state index in [-0.39, 0.29) is 17.1 Å². The van der Waals surface area contributed by atoms with Gasteiger partial charge in [-0.3, -0.25) is 0 Å². The number of hydrogen-bond donors (Lipinski definition) is 0. The zero-order valence-corrected chi connectivity index (χ0v) is 35.1. The summed E-state index contributed by atoms with van der Waals surface area (Å²) < 4.78 is 73.8. The number of thiophene rings is 2. The number of halogens is 4. The van der Waals surface area contributed by atoms with E-state index in [1.165, 1.54) is 29.6 Å². The van der Waals surface area contributed by atoms with Crippen molar-refractivity contribution in [2.24, 2.45) is 4.99 Å². The fraction of sp³-hybridized carbons (Fsp3) is 0. The number of rotatable bonds is 10. The van der Waals surface area contributed by atoms with E-state index in [4.69, 9.17) is 22.5 Å². The summed E-state index contributed by atoms with van der Waals surface area (Å²) in [5.74, 6) is -1.34. The third kappa shape index (κ3) is 8.15. The van der Waals surface area contributed by atoms with Crippen molar-refractivity contribution in [1.82, 2.24) is 0 Å². The quantitative estimate of drug-likeness (QED) is 0.0772. The van der Waals surface area contributed by atoms with Gasteiger partial charge in [-0.25, -0.2) is 14.7 Å². The Morgan fingerprint density at radius 1 is 0.677 bits per heavy atom. The van der Waals surface area contributed by atoms with E-state index in [9.17, 15) is 19.2 Å². The molecule has 6 aromatic rings. The maximum atomic E-state index is 16.6. The zero-order chi connectivity index (χ0) is 45.5. The number of anilines is 6. The molecule has 0 saturated heterocycles. The standard InChI is InChI=1S/C47H26B2F4N8O2S2/c1-48(50,51)62-47-41-23-22-40(43-25-27-45(65-43)59(34-12-4-30(28-54)5-13-34)35-14-6-31(29-55)7-15-35)61(41)49(52,53)63-46(47)39-21-20-38(58-39)42-24-26-44(64-42)60(36-16-8-32(56-2)9-17-36)37-18-10-33(57-3)11-19-37/h4-27H,1H2/b46-39+. The molecule has 9 rings (SSSR count). The summed E-state index contributed by atoms with van der Waals surface area (Å²) in [7, 11) is -4.97. The predicted octanol–water partition coefficient (Wildman–Crippen LogP) is 13.1. The highest BCUT2D eigenvalue weighted by Crippen LogP contribution is 2.45. The van der Waals surface area contributed by atoms with Crippen LogP contribution in [0.15, 0.2) is 174 Å². The molecule has 0 spiro atoms. The van der Waals surface area contributed by atoms with Gasteiger partial charge in [-0.1, -0.05) is 24.3 Å². The number of benzene rings is 4. The minimum Gasteiger partial charge on any atom is -0.614 e. The number of fused-ring (bicyclic) bond motifs is 1. The van der Waals surface area contributed by atoms with Gasteiger partial charge in [-0.15, -0.1) is 22.7 Å². The van der Waals surface area contributed by atoms with Crippen LogP contribution in [-0.2, 0) is 9.31 Å². The van der Waals surface area contributed by atoms with E-state index in [1.807, 2.05) is 15.9 Å². The first-order valence-corrected chi connectivity index (χ1v) is 21.1. The van der Waals surface area contributed by atoms with Crippen LogP contribution < -0.4 is 9.80 Å². The Morgan fingerprint density at radius 3 is 1.63 bits per heavy atom. The van der Waals surface area contributed by atoms with Crippen molar-refractivity contribution in [3.63, 3.8) is 0 Å². The van der Waals surface area contributed by atoms with Crippen molar-refractivity contribution in [1.29, 1.82) is 10.5 Å². The topological polar surface area (TPSA) is 96.6 Å². The molecule has 3 aliphatic rings. The average molecular weight is 897 g/mol. The molecule has 18 heteroatoms. The van der Waals surface area contributed by atoms with Gasteiger partial charge in [-0.2, -0.15) is 10.5 Å². The summed E-state index contributed by atoms with van der Waals surface area (Å²) in [6.45, 7) is 12.8. The zero-order valence-electron chi connectivity index (χ0n) is 33.4. The summed E-state index contributed by atoms with van der Waals surface area (Å²) >= 11 is 2.46. The van der Waals surface area contributed by atoms with Gasteiger partial charge in [0.2, 0.25) is 5.70 Å². The molecule has 0 atom stereocenters. The second-order valence-corrected chi connectivity index (χ2v) is 16.5. The van der Waals surface area contributed by atoms with Crippen molar-refractivity contribution >= 4 is 92.2 Å². The Morgan fingerprint density at radius 2 is 1.15 bits per heavy atom. The van der Waals surface area contributed by atoms with Crippen LogP contribution in [0.4, 0.5) is 61.4 Å². The van der Waals surface area contributed by atoms with Crippen LogP contribution >= 0.6 is 22.7 Å². The van der Waals surface area contributed by atoms with Gasteiger partial charge < -0.3 is 40.9 Å². The molecule has 0 aliphatic carbocycles. The number of nitriles is 2. The van der Waals surface area contributed by atoms with Crippen molar-refractivity contribution in [3.05, 3.63) is 219 Å². The van der Waals surface area contributed by atoms with Gasteiger partial charge in [0.25, 0.3) is 0 Å². The van der Waals surface area contributed by atoms with Crippen molar-refractivity contribution in [2.75, 3.05) is 9.80 Å². The van der Waals surface area contributed by atoms with Crippen LogP contribution in [0.2, 0.25) is 0 Å². The molecule has 0 bridgehead atoms. The summed E-state index contributed by atoms with van der Waals surface area (Å²) in [6.07, 6.45) is 5.61. The van der Waals surface area contributed by atoms with Gasteiger partial charge in [0.1, 0.15) is 21.5 Å². The second-order valence-electron chi connectivity index (χ2n) is 14.4. The number of aliphatic imine (C=N–C) groups is 1. The summed E-state index contributed by atoms with van der Waals surface area (Å²) in [5.41, 5.74) is 4.34. The maximum Gasteiger partial charge on any atom is 0.834 e. The average Bonchev–Trinajstić information content (AvgIpc) is 4.16. The Kier molecular flexibility index (Phi) is 10.7. The highest BCUT2D eigenvalue weighted by molar-refractivity contribution is 7.18. The van der Waals surface area contributed by atoms with Crippen LogP contribution in [0.1, 0.15) is 20.9 Å². The minimum absolute atomic E-state index is 0.0276. The fourth-order valence-electron chi connectivity index (χ4n) is 7.31. The molecule has 5 heterocycles. The van der Waals surface area contributed by atoms with E-state index in [2.05, 4.69) is 33.6 Å². The molecule has 0 radical (unpaired) electrons. The molecule has 0 saturated carbocycles. The van der Waals surface area contributed by atoms with Crippen LogP contribution in [0.5, 0.6) is 0 Å². The maximum absolute atomic E-state index is 16.6. The molecule has 10 nitrogen and oxygen atoms in total. The first-order valence-electron chi connectivity index (χ1n) is 19.5. The molecule has 65 heavy (non-hydrogen) atoms. The van der Waals surface area contributed by atoms with Crippen LogP contribution in [0.25, 0.3) is 9.69 Å². The van der Waals surface area contributed by atoms with Crippen LogP contribution in [-0.4, -0.2) is 29.9 Å². The van der Waals surface area contributed by atoms with E-state index in [1.54, 1.807) is 121 Å². The van der Waals surface area contributed by atoms with Gasteiger partial charge in [0.15, 0.2) is 22.8 Å². The van der Waals surface area contributed by atoms with Gasteiger partial charge in [0.05, 0.1) is 51.9 Å². The highest BCUT2D eigenvalue weighted by atomic mass is 32.1. The molecule has 4 aromatic carbocycles. The number of nitrogens with zero attached hydrogens (tertiary/aromatic N) is 8. The van der Waals surface area contributed by atoms with Crippen LogP contribution in [0.3, 0.4) is 0 Å². The van der Waals surface area contributed by atoms with Crippen LogP contribution in [0, 0.1) is 42.6 Å². The van der Waals surface area contributed by atoms with Crippen molar-refractivity contribution in [2.45, 2.75) is 0 Å². The minimum atomic E-state index is -4.97. The first-order chi connectivity index (χ1) is 31.4. The molecule has 0 amide bonds. The van der Waals surface area contributed by atoms with Gasteiger partial charge in [0, 0.05) is 34.9 Å². The lowest BCUT2D eigenvalue weighted by Crippen LogP contribution is -2.48. The smallest absolute Gasteiger partial charge is 0.614 e. The molecule has 3 aliphatic heterocycles. The lowest BCUT2D eigenvalue weighted by Gasteiger charge is -2.34. The SMILES string of the molecule is [C-]#[N+]c1ccc(N(c2ccc([N+]#[C-])cc2)c2ccc(C3=N/C(=C4/O[B-](F)(F)[N+]5=C(c6ccc(N(c7ccc(C#N)cc7)c7ccc(C#N)cc7)s6)C=CC5=C4O[B-]([CH2+])(F)F)C=C3)s2)cc1. The summed E-state index contributed by atoms with van der Waals surface area (Å²) in [6, 6.07) is 38.6. The molecular formula is C47H26B2F4N8O2S2. The van der Waals surface area contributed by atoms with E-state index in [0.29, 0.717) is 58.8 Å². The van der Waals surface area contributed by atoms with Crippen molar-refractivity contribution < 1.29 is 31.1 Å². The molecule has 2 aromatic heterocycles. The monoisotopic (exact) mass is 896 g/mol. The molecular weight excluding hydrogens is 870 g/mol.